The van der Waals surface area contributed by atoms with Gasteiger partial charge >= 0.3 is 39.5 Å². The van der Waals surface area contributed by atoms with Crippen LogP contribution >= 0.6 is 15.6 Å². The quantitative estimate of drug-likeness (QED) is 0.0222. The van der Waals surface area contributed by atoms with Crippen molar-refractivity contribution in [2.24, 2.45) is 0 Å². The third-order valence-corrected chi connectivity index (χ3v) is 20.8. The average Bonchev–Trinajstić information content (AvgIpc) is 0.984. The first-order valence-corrected chi connectivity index (χ1v) is 44.8. The van der Waals surface area contributed by atoms with Crippen LogP contribution in [-0.2, 0) is 65.4 Å². The summed E-state index contributed by atoms with van der Waals surface area (Å²) < 4.78 is 68.7. The second-order valence-corrected chi connectivity index (χ2v) is 31.7. The predicted octanol–water partition coefficient (Wildman–Crippen LogP) is 24.2. The summed E-state index contributed by atoms with van der Waals surface area (Å²) in [6.07, 6.45) is 66.3. The van der Waals surface area contributed by atoms with Crippen molar-refractivity contribution in [3.05, 3.63) is 0 Å². The summed E-state index contributed by atoms with van der Waals surface area (Å²) in [5.41, 5.74) is 0. The number of phosphoric ester groups is 2. The number of ether oxygens (including phenoxy) is 4. The van der Waals surface area contributed by atoms with Crippen molar-refractivity contribution in [2.75, 3.05) is 39.6 Å². The molecule has 0 aliphatic carbocycles. The van der Waals surface area contributed by atoms with Crippen molar-refractivity contribution in [2.45, 2.75) is 451 Å². The van der Waals surface area contributed by atoms with Crippen LogP contribution in [0.3, 0.4) is 0 Å². The lowest BCUT2D eigenvalue weighted by atomic mass is 10.0. The molecule has 0 radical (unpaired) electrons. The third-order valence-electron chi connectivity index (χ3n) is 18.9. The zero-order chi connectivity index (χ0) is 72.5. The predicted molar refractivity (Wildman–Crippen MR) is 405 cm³/mol. The van der Waals surface area contributed by atoms with Crippen LogP contribution in [0.1, 0.15) is 432 Å². The van der Waals surface area contributed by atoms with Crippen molar-refractivity contribution >= 4 is 39.5 Å². The number of carbonyl (C=O) groups excluding carboxylic acids is 4. The van der Waals surface area contributed by atoms with E-state index in [4.69, 9.17) is 37.0 Å². The lowest BCUT2D eigenvalue weighted by Gasteiger charge is -2.21. The van der Waals surface area contributed by atoms with Gasteiger partial charge in [0.25, 0.3) is 0 Å². The molecule has 0 aliphatic rings. The molecule has 0 saturated heterocycles. The molecule has 3 N–H and O–H groups in total. The highest BCUT2D eigenvalue weighted by Crippen LogP contribution is 2.45. The maximum absolute atomic E-state index is 13.1. The van der Waals surface area contributed by atoms with Crippen molar-refractivity contribution in [1.29, 1.82) is 0 Å². The van der Waals surface area contributed by atoms with Crippen molar-refractivity contribution < 1.29 is 80.2 Å². The third kappa shape index (κ3) is 74.1. The smallest absolute Gasteiger partial charge is 0.462 e. The number of hydrogen-bond acceptors (Lipinski definition) is 15. The van der Waals surface area contributed by atoms with E-state index in [-0.39, 0.29) is 25.7 Å². The lowest BCUT2D eigenvalue weighted by Crippen LogP contribution is -2.30. The van der Waals surface area contributed by atoms with Crippen LogP contribution in [0.25, 0.3) is 0 Å². The molecule has 19 heteroatoms. The molecule has 2 unspecified atom stereocenters. The average molecular weight is 1450 g/mol. The largest absolute Gasteiger partial charge is 0.472 e. The van der Waals surface area contributed by atoms with E-state index in [1.54, 1.807) is 0 Å². The Balaban J connectivity index is 5.26. The van der Waals surface area contributed by atoms with Gasteiger partial charge in [0.05, 0.1) is 26.4 Å². The first kappa shape index (κ1) is 97.1. The van der Waals surface area contributed by atoms with Gasteiger partial charge in [-0.05, 0) is 25.7 Å². The highest BCUT2D eigenvalue weighted by atomic mass is 31.2. The summed E-state index contributed by atoms with van der Waals surface area (Å²) in [7, 11) is -9.92. The van der Waals surface area contributed by atoms with Crippen molar-refractivity contribution in [1.82, 2.24) is 0 Å². The molecule has 588 valence electrons. The minimum atomic E-state index is -4.96. The summed E-state index contributed by atoms with van der Waals surface area (Å²) >= 11 is 0. The molecule has 0 aliphatic heterocycles. The van der Waals surface area contributed by atoms with Crippen molar-refractivity contribution in [3.8, 4) is 0 Å². The highest BCUT2D eigenvalue weighted by Gasteiger charge is 2.30. The molecule has 0 aromatic rings. The van der Waals surface area contributed by atoms with Crippen LogP contribution in [0.15, 0.2) is 0 Å². The first-order valence-electron chi connectivity index (χ1n) is 41.8. The van der Waals surface area contributed by atoms with E-state index < -0.39 is 97.5 Å². The minimum absolute atomic E-state index is 0.109. The second-order valence-electron chi connectivity index (χ2n) is 28.8. The number of unbranched alkanes of at least 4 members (excludes halogenated alkanes) is 55. The Bertz CT molecular complexity index is 1880. The van der Waals surface area contributed by atoms with E-state index in [0.29, 0.717) is 25.7 Å². The molecule has 0 fully saturated rings. The number of hydrogen-bond donors (Lipinski definition) is 3. The van der Waals surface area contributed by atoms with E-state index in [1.807, 2.05) is 0 Å². The monoisotopic (exact) mass is 1450 g/mol. The number of carbonyl (C=O) groups is 4. The molecular weight excluding hydrogens is 1290 g/mol. The van der Waals surface area contributed by atoms with Crippen LogP contribution in [-0.4, -0.2) is 96.7 Å². The van der Waals surface area contributed by atoms with Crippen LogP contribution < -0.4 is 0 Å². The van der Waals surface area contributed by atoms with E-state index in [9.17, 15) is 43.2 Å². The van der Waals surface area contributed by atoms with Crippen LogP contribution in [0.4, 0.5) is 0 Å². The Kier molecular flexibility index (Phi) is 72.9. The van der Waals surface area contributed by atoms with E-state index in [1.165, 1.54) is 263 Å². The van der Waals surface area contributed by atoms with Gasteiger partial charge in [0, 0.05) is 25.7 Å². The molecule has 0 amide bonds. The van der Waals surface area contributed by atoms with Crippen LogP contribution in [0.2, 0.25) is 0 Å². The number of esters is 4. The topological polar surface area (TPSA) is 237 Å². The Labute approximate surface area is 607 Å². The van der Waals surface area contributed by atoms with E-state index in [2.05, 4.69) is 27.7 Å². The number of phosphoric acid groups is 2. The fraction of sp³-hybridized carbons (Fsp3) is 0.950. The SMILES string of the molecule is CCCCCCCCCCCCCCCCCCC(=O)OC[C@H](COP(=O)(O)OC[C@@H](O)COP(=O)(O)OC[C@@H](COC(=O)CCCCCCCCCCCCCCC)OC(=O)CCCCCCCCCCCCCCCC)OC(=O)CCCCCCCCCCCCCCCCCC. The van der Waals surface area contributed by atoms with Gasteiger partial charge in [0.15, 0.2) is 12.2 Å². The highest BCUT2D eigenvalue weighted by molar-refractivity contribution is 7.47. The van der Waals surface area contributed by atoms with Crippen LogP contribution in [0, 0.1) is 0 Å². The standard InChI is InChI=1S/C80H156O17P2/c1-5-9-13-17-21-25-29-33-36-38-42-45-49-53-57-61-65-78(83)91-71-76(97-80(85)67-63-59-55-51-47-43-39-37-34-30-26-22-18-14-10-6-2)73-95-99(88,89)93-69-74(81)68-92-98(86,87)94-72-75(70-90-77(82)64-60-56-52-48-44-40-32-28-24-20-16-12-8-4)96-79(84)66-62-58-54-50-46-41-35-31-27-23-19-15-11-7-3/h74-76,81H,5-73H2,1-4H3,(H,86,87)(H,88,89)/t74-,75+,76+/m0/s1. The summed E-state index contributed by atoms with van der Waals surface area (Å²) in [5.74, 6) is -2.10. The molecule has 0 heterocycles. The van der Waals surface area contributed by atoms with Gasteiger partial charge in [-0.15, -0.1) is 0 Å². The molecule has 0 rings (SSSR count). The second kappa shape index (κ2) is 74.3. The Morgan fingerprint density at radius 1 is 0.242 bits per heavy atom. The molecule has 17 nitrogen and oxygen atoms in total. The molecule has 0 aromatic carbocycles. The molecule has 0 bridgehead atoms. The number of aliphatic hydroxyl groups excluding tert-OH is 1. The lowest BCUT2D eigenvalue weighted by molar-refractivity contribution is -0.161. The zero-order valence-electron chi connectivity index (χ0n) is 64.5. The first-order chi connectivity index (χ1) is 48.2. The maximum atomic E-state index is 13.1. The summed E-state index contributed by atoms with van der Waals surface area (Å²) in [4.78, 5) is 73.0. The Hall–Kier alpha value is -1.94. The van der Waals surface area contributed by atoms with Gasteiger partial charge in [0.1, 0.15) is 19.3 Å². The van der Waals surface area contributed by atoms with Gasteiger partial charge in [-0.2, -0.15) is 0 Å². The van der Waals surface area contributed by atoms with Crippen molar-refractivity contribution in [3.63, 3.8) is 0 Å². The fourth-order valence-corrected chi connectivity index (χ4v) is 14.0. The number of rotatable bonds is 81. The fourth-order valence-electron chi connectivity index (χ4n) is 12.5. The minimum Gasteiger partial charge on any atom is -0.462 e. The number of aliphatic hydroxyl groups is 1. The normalized spacial score (nSPS) is 13.8. The van der Waals surface area contributed by atoms with E-state index >= 15 is 0 Å². The zero-order valence-corrected chi connectivity index (χ0v) is 66.3. The van der Waals surface area contributed by atoms with Gasteiger partial charge in [-0.1, -0.05) is 381 Å². The van der Waals surface area contributed by atoms with Crippen LogP contribution in [0.5, 0.6) is 0 Å². The molecule has 0 saturated carbocycles. The summed E-state index contributed by atoms with van der Waals surface area (Å²) in [6, 6.07) is 0. The maximum Gasteiger partial charge on any atom is 0.472 e. The molecule has 0 aromatic heterocycles. The van der Waals surface area contributed by atoms with Gasteiger partial charge < -0.3 is 33.8 Å². The molecule has 99 heavy (non-hydrogen) atoms. The van der Waals surface area contributed by atoms with Gasteiger partial charge in [-0.3, -0.25) is 37.3 Å². The molecular formula is C80H156O17P2. The summed E-state index contributed by atoms with van der Waals surface area (Å²) in [6.45, 7) is 5.04. The van der Waals surface area contributed by atoms with E-state index in [0.717, 1.165) is 89.9 Å². The summed E-state index contributed by atoms with van der Waals surface area (Å²) in [5, 5.41) is 10.6. The Morgan fingerprint density at radius 2 is 0.404 bits per heavy atom. The van der Waals surface area contributed by atoms with Gasteiger partial charge in [0.2, 0.25) is 0 Å². The molecule has 5 atom stereocenters. The Morgan fingerprint density at radius 3 is 0.596 bits per heavy atom. The van der Waals surface area contributed by atoms with Gasteiger partial charge in [-0.25, -0.2) is 9.13 Å². The molecule has 0 spiro atoms.